The number of anilines is 1. The Morgan fingerprint density at radius 1 is 1.21 bits per heavy atom. The number of imidazole rings is 1. The predicted molar refractivity (Wildman–Crippen MR) is 101 cm³/mol. The van der Waals surface area contributed by atoms with Gasteiger partial charge in [-0.2, -0.15) is 0 Å². The van der Waals surface area contributed by atoms with Crippen LogP contribution < -0.4 is 4.90 Å². The van der Waals surface area contributed by atoms with Crippen LogP contribution >= 0.6 is 15.9 Å². The molecule has 0 radical (unpaired) electrons. The Labute approximate surface area is 150 Å². The van der Waals surface area contributed by atoms with E-state index < -0.39 is 0 Å². The summed E-state index contributed by atoms with van der Waals surface area (Å²) in [6.07, 6.45) is 4.01. The summed E-state index contributed by atoms with van der Waals surface area (Å²) >= 11 is 3.52. The highest BCUT2D eigenvalue weighted by Gasteiger charge is 2.28. The quantitative estimate of drug-likeness (QED) is 0.665. The van der Waals surface area contributed by atoms with E-state index in [9.17, 15) is 0 Å². The first-order valence-corrected chi connectivity index (χ1v) is 9.22. The number of halogens is 1. The van der Waals surface area contributed by atoms with Gasteiger partial charge < -0.3 is 9.47 Å². The van der Waals surface area contributed by atoms with E-state index in [4.69, 9.17) is 4.98 Å². The largest absolute Gasteiger partial charge is 0.356 e. The Morgan fingerprint density at radius 2 is 2.00 bits per heavy atom. The van der Waals surface area contributed by atoms with Crippen LogP contribution in [0, 0.1) is 5.92 Å². The van der Waals surface area contributed by atoms with Gasteiger partial charge in [-0.25, -0.2) is 9.97 Å². The summed E-state index contributed by atoms with van der Waals surface area (Å²) in [4.78, 5) is 11.6. The fraction of sp³-hybridized carbons (Fsp3) is 0.368. The lowest BCUT2D eigenvalue weighted by atomic mass is 9.99. The van der Waals surface area contributed by atoms with Crippen molar-refractivity contribution in [3.8, 4) is 0 Å². The molecule has 1 saturated heterocycles. The van der Waals surface area contributed by atoms with Crippen LogP contribution in [-0.2, 0) is 6.54 Å². The summed E-state index contributed by atoms with van der Waals surface area (Å²) in [5.41, 5.74) is 1.04. The Morgan fingerprint density at radius 3 is 2.79 bits per heavy atom. The Hall–Kier alpha value is -1.88. The van der Waals surface area contributed by atoms with Crippen molar-refractivity contribution >= 4 is 32.7 Å². The maximum atomic E-state index is 4.81. The highest BCUT2D eigenvalue weighted by molar-refractivity contribution is 9.10. The van der Waals surface area contributed by atoms with Crippen molar-refractivity contribution in [3.63, 3.8) is 0 Å². The molecule has 0 unspecified atom stereocenters. The van der Waals surface area contributed by atoms with E-state index in [1.165, 1.54) is 11.2 Å². The minimum absolute atomic E-state index is 0.469. The molecule has 0 atom stereocenters. The minimum atomic E-state index is 0.469. The molecular weight excluding hydrogens is 364 g/mol. The number of nitrogens with zero attached hydrogens (tertiary/aromatic N) is 4. The molecule has 124 valence electrons. The third-order valence-corrected chi connectivity index (χ3v) is 5.13. The second-order valence-corrected chi connectivity index (χ2v) is 7.79. The molecule has 1 aromatic carbocycles. The number of pyridine rings is 1. The summed E-state index contributed by atoms with van der Waals surface area (Å²) in [5.74, 6) is 3.39. The molecule has 0 bridgehead atoms. The molecule has 0 spiro atoms. The van der Waals surface area contributed by atoms with Gasteiger partial charge in [-0.05, 0) is 24.3 Å². The zero-order valence-corrected chi connectivity index (χ0v) is 15.6. The maximum absolute atomic E-state index is 4.81. The van der Waals surface area contributed by atoms with Gasteiger partial charge in [0.05, 0.1) is 5.52 Å². The number of hydrogen-bond donors (Lipinski definition) is 0. The Kier molecular flexibility index (Phi) is 4.04. The van der Waals surface area contributed by atoms with E-state index in [2.05, 4.69) is 80.8 Å². The lowest BCUT2D eigenvalue weighted by Gasteiger charge is -2.40. The molecule has 1 aliphatic rings. The predicted octanol–water partition coefficient (Wildman–Crippen LogP) is 4.45. The van der Waals surface area contributed by atoms with Crippen LogP contribution in [0.4, 0.5) is 5.82 Å². The van der Waals surface area contributed by atoms with Crippen molar-refractivity contribution in [3.05, 3.63) is 53.0 Å². The van der Waals surface area contributed by atoms with Crippen LogP contribution in [0.3, 0.4) is 0 Å². The summed E-state index contributed by atoms with van der Waals surface area (Å²) in [6.45, 7) is 7.56. The Bertz CT molecular complexity index is 865. The fourth-order valence-electron chi connectivity index (χ4n) is 3.38. The topological polar surface area (TPSA) is 34.0 Å². The van der Waals surface area contributed by atoms with Gasteiger partial charge in [0, 0.05) is 53.7 Å². The van der Waals surface area contributed by atoms with E-state index in [-0.39, 0.29) is 0 Å². The molecular formula is C19H21BrN4. The third kappa shape index (κ3) is 2.93. The first kappa shape index (κ1) is 15.6. The smallest absolute Gasteiger partial charge is 0.129 e. The molecule has 0 amide bonds. The number of aromatic nitrogens is 3. The molecule has 4 nitrogen and oxygen atoms in total. The second-order valence-electron chi connectivity index (χ2n) is 6.87. The first-order valence-electron chi connectivity index (χ1n) is 8.42. The molecule has 0 aliphatic carbocycles. The van der Waals surface area contributed by atoms with E-state index in [1.807, 2.05) is 6.20 Å². The van der Waals surface area contributed by atoms with Crippen LogP contribution in [0.2, 0.25) is 0 Å². The lowest BCUT2D eigenvalue weighted by Crippen LogP contribution is -2.49. The number of rotatable bonds is 4. The number of fused-ring (bicyclic) bond motifs is 1. The SMILES string of the molecule is CC(C)c1nccn1CC1CN(c2ccc3ccc(Br)cc3n2)C1. The molecule has 1 aliphatic heterocycles. The zero-order valence-electron chi connectivity index (χ0n) is 14.0. The van der Waals surface area contributed by atoms with E-state index in [1.54, 1.807) is 0 Å². The molecule has 2 aromatic heterocycles. The molecule has 3 heterocycles. The van der Waals surface area contributed by atoms with Crippen LogP contribution in [0.5, 0.6) is 0 Å². The maximum Gasteiger partial charge on any atom is 0.129 e. The summed E-state index contributed by atoms with van der Waals surface area (Å²) in [5, 5.41) is 1.18. The molecule has 1 fully saturated rings. The van der Waals surface area contributed by atoms with Crippen LogP contribution in [0.15, 0.2) is 47.2 Å². The van der Waals surface area contributed by atoms with Gasteiger partial charge in [0.2, 0.25) is 0 Å². The van der Waals surface area contributed by atoms with Gasteiger partial charge in [0.25, 0.3) is 0 Å². The summed E-state index contributed by atoms with van der Waals surface area (Å²) in [7, 11) is 0. The first-order chi connectivity index (χ1) is 11.6. The highest BCUT2D eigenvalue weighted by Crippen LogP contribution is 2.27. The second kappa shape index (κ2) is 6.20. The van der Waals surface area contributed by atoms with Crippen molar-refractivity contribution in [2.24, 2.45) is 5.92 Å². The summed E-state index contributed by atoms with van der Waals surface area (Å²) < 4.78 is 3.37. The molecule has 0 saturated carbocycles. The molecule has 24 heavy (non-hydrogen) atoms. The van der Waals surface area contributed by atoms with Crippen LogP contribution in [0.1, 0.15) is 25.6 Å². The van der Waals surface area contributed by atoms with Crippen molar-refractivity contribution in [1.82, 2.24) is 14.5 Å². The molecule has 4 rings (SSSR count). The minimum Gasteiger partial charge on any atom is -0.356 e. The van der Waals surface area contributed by atoms with Crippen LogP contribution in [0.25, 0.3) is 10.9 Å². The molecule has 3 aromatic rings. The van der Waals surface area contributed by atoms with Gasteiger partial charge in [0.1, 0.15) is 11.6 Å². The number of benzene rings is 1. The zero-order chi connectivity index (χ0) is 16.7. The van der Waals surface area contributed by atoms with Crippen LogP contribution in [-0.4, -0.2) is 27.6 Å². The van der Waals surface area contributed by atoms with E-state index in [0.29, 0.717) is 11.8 Å². The van der Waals surface area contributed by atoms with E-state index in [0.717, 1.165) is 35.4 Å². The fourth-order valence-corrected chi connectivity index (χ4v) is 3.73. The van der Waals surface area contributed by atoms with Crippen molar-refractivity contribution in [2.45, 2.75) is 26.3 Å². The van der Waals surface area contributed by atoms with E-state index >= 15 is 0 Å². The van der Waals surface area contributed by atoms with Gasteiger partial charge in [0.15, 0.2) is 0 Å². The lowest BCUT2D eigenvalue weighted by molar-refractivity contribution is 0.349. The van der Waals surface area contributed by atoms with Gasteiger partial charge in [-0.1, -0.05) is 35.8 Å². The molecule has 0 N–H and O–H groups in total. The van der Waals surface area contributed by atoms with Crippen molar-refractivity contribution in [2.75, 3.05) is 18.0 Å². The van der Waals surface area contributed by atoms with Gasteiger partial charge >= 0.3 is 0 Å². The summed E-state index contributed by atoms with van der Waals surface area (Å²) in [6, 6.07) is 10.5. The van der Waals surface area contributed by atoms with Gasteiger partial charge in [-0.3, -0.25) is 0 Å². The average Bonchev–Trinajstić information content (AvgIpc) is 2.98. The number of hydrogen-bond acceptors (Lipinski definition) is 3. The third-order valence-electron chi connectivity index (χ3n) is 4.64. The normalized spacial score (nSPS) is 15.2. The average molecular weight is 385 g/mol. The van der Waals surface area contributed by atoms with Crippen molar-refractivity contribution < 1.29 is 0 Å². The van der Waals surface area contributed by atoms with Crippen molar-refractivity contribution in [1.29, 1.82) is 0 Å². The monoisotopic (exact) mass is 384 g/mol. The Balaban J connectivity index is 1.44. The standard InChI is InChI=1S/C19H21BrN4/c1-13(2)19-21-7-8-23(19)10-14-11-24(12-14)18-6-4-15-3-5-16(20)9-17(15)22-18/h3-9,13-14H,10-12H2,1-2H3. The molecule has 5 heteroatoms. The highest BCUT2D eigenvalue weighted by atomic mass is 79.9. The van der Waals surface area contributed by atoms with Gasteiger partial charge in [-0.15, -0.1) is 0 Å².